The lowest BCUT2D eigenvalue weighted by Gasteiger charge is -2.14. The highest BCUT2D eigenvalue weighted by Crippen LogP contribution is 2.36. The van der Waals surface area contributed by atoms with Crippen molar-refractivity contribution in [1.82, 2.24) is 0 Å². The molecular weight excluding hydrogens is 369 g/mol. The van der Waals surface area contributed by atoms with Gasteiger partial charge in [0.1, 0.15) is 5.75 Å². The van der Waals surface area contributed by atoms with E-state index in [0.29, 0.717) is 22.4 Å². The second-order valence-corrected chi connectivity index (χ2v) is 5.57. The molecule has 0 aliphatic heterocycles. The standard InChI is InChI=1S/C15H11BrClF3O/c1-2-21-9-3-4-10(11(16)7-9)14(17)8-5-12(18)15(20)13(19)6-8/h3-7,14H,2H2,1H3. The lowest BCUT2D eigenvalue weighted by molar-refractivity contribution is 0.340. The van der Waals surface area contributed by atoms with Gasteiger partial charge in [-0.05, 0) is 42.3 Å². The number of halogens is 5. The second kappa shape index (κ2) is 6.71. The van der Waals surface area contributed by atoms with Crippen molar-refractivity contribution in [3.8, 4) is 5.75 Å². The zero-order valence-corrected chi connectivity index (χ0v) is 13.3. The van der Waals surface area contributed by atoms with Crippen LogP contribution in [0.3, 0.4) is 0 Å². The average Bonchev–Trinajstić information content (AvgIpc) is 2.44. The summed E-state index contributed by atoms with van der Waals surface area (Å²) in [6.45, 7) is 2.38. The van der Waals surface area contributed by atoms with Crippen LogP contribution in [-0.4, -0.2) is 6.61 Å². The van der Waals surface area contributed by atoms with Crippen LogP contribution in [0.15, 0.2) is 34.8 Å². The molecule has 1 unspecified atom stereocenters. The van der Waals surface area contributed by atoms with Gasteiger partial charge in [-0.2, -0.15) is 0 Å². The highest BCUT2D eigenvalue weighted by Gasteiger charge is 2.19. The van der Waals surface area contributed by atoms with E-state index in [-0.39, 0.29) is 5.56 Å². The number of benzene rings is 2. The molecule has 0 N–H and O–H groups in total. The van der Waals surface area contributed by atoms with Crippen LogP contribution in [0.5, 0.6) is 5.75 Å². The molecule has 1 nitrogen and oxygen atoms in total. The first-order chi connectivity index (χ1) is 9.93. The number of alkyl halides is 1. The maximum Gasteiger partial charge on any atom is 0.194 e. The monoisotopic (exact) mass is 378 g/mol. The molecular formula is C15H11BrClF3O. The van der Waals surface area contributed by atoms with Crippen LogP contribution < -0.4 is 4.74 Å². The molecule has 112 valence electrons. The van der Waals surface area contributed by atoms with Crippen LogP contribution in [0.1, 0.15) is 23.4 Å². The van der Waals surface area contributed by atoms with E-state index in [2.05, 4.69) is 15.9 Å². The third kappa shape index (κ3) is 3.52. The Morgan fingerprint density at radius 1 is 1.14 bits per heavy atom. The summed E-state index contributed by atoms with van der Waals surface area (Å²) >= 11 is 9.58. The van der Waals surface area contributed by atoms with Gasteiger partial charge in [0.25, 0.3) is 0 Å². The zero-order valence-electron chi connectivity index (χ0n) is 11.0. The van der Waals surface area contributed by atoms with Crippen molar-refractivity contribution in [3.05, 3.63) is 63.4 Å². The molecule has 2 rings (SSSR count). The molecule has 1 atom stereocenters. The van der Waals surface area contributed by atoms with Crippen LogP contribution in [0.2, 0.25) is 0 Å². The molecule has 0 fully saturated rings. The number of ether oxygens (including phenoxy) is 1. The molecule has 0 bridgehead atoms. The summed E-state index contributed by atoms with van der Waals surface area (Å²) in [4.78, 5) is 0. The fraction of sp³-hybridized carbons (Fsp3) is 0.200. The third-order valence-corrected chi connectivity index (χ3v) is 4.03. The van der Waals surface area contributed by atoms with E-state index >= 15 is 0 Å². The van der Waals surface area contributed by atoms with Crippen molar-refractivity contribution in [2.75, 3.05) is 6.61 Å². The van der Waals surface area contributed by atoms with E-state index in [9.17, 15) is 13.2 Å². The van der Waals surface area contributed by atoms with Gasteiger partial charge in [0.05, 0.1) is 12.0 Å². The van der Waals surface area contributed by atoms with Crippen LogP contribution in [-0.2, 0) is 0 Å². The second-order valence-electron chi connectivity index (χ2n) is 4.28. The number of hydrogen-bond acceptors (Lipinski definition) is 1. The minimum Gasteiger partial charge on any atom is -0.494 e. The summed E-state index contributed by atoms with van der Waals surface area (Å²) in [7, 11) is 0. The number of hydrogen-bond donors (Lipinski definition) is 0. The molecule has 2 aromatic rings. The Labute approximate surface area is 133 Å². The Morgan fingerprint density at radius 3 is 2.29 bits per heavy atom. The summed E-state index contributed by atoms with van der Waals surface area (Å²) in [5.74, 6) is -3.39. The topological polar surface area (TPSA) is 9.23 Å². The largest absolute Gasteiger partial charge is 0.494 e. The van der Waals surface area contributed by atoms with E-state index < -0.39 is 22.8 Å². The smallest absolute Gasteiger partial charge is 0.194 e. The van der Waals surface area contributed by atoms with E-state index in [1.165, 1.54) is 0 Å². The van der Waals surface area contributed by atoms with E-state index in [1.807, 2.05) is 6.92 Å². The molecule has 0 saturated carbocycles. The van der Waals surface area contributed by atoms with Gasteiger partial charge < -0.3 is 4.74 Å². The Balaban J connectivity index is 2.38. The quantitative estimate of drug-likeness (QED) is 0.497. The van der Waals surface area contributed by atoms with Crippen molar-refractivity contribution < 1.29 is 17.9 Å². The predicted octanol–water partition coefficient (Wildman–Crippen LogP) is 5.59. The van der Waals surface area contributed by atoms with Crippen LogP contribution in [0.25, 0.3) is 0 Å². The van der Waals surface area contributed by atoms with Gasteiger partial charge in [-0.15, -0.1) is 11.6 Å². The van der Waals surface area contributed by atoms with E-state index in [4.69, 9.17) is 16.3 Å². The predicted molar refractivity (Wildman–Crippen MR) is 79.3 cm³/mol. The van der Waals surface area contributed by atoms with Crippen molar-refractivity contribution >= 4 is 27.5 Å². The molecule has 0 aliphatic rings. The zero-order chi connectivity index (χ0) is 15.6. The van der Waals surface area contributed by atoms with Gasteiger partial charge >= 0.3 is 0 Å². The third-order valence-electron chi connectivity index (χ3n) is 2.85. The van der Waals surface area contributed by atoms with Gasteiger partial charge in [-0.1, -0.05) is 22.0 Å². The minimum absolute atomic E-state index is 0.137. The van der Waals surface area contributed by atoms with Crippen molar-refractivity contribution in [2.24, 2.45) is 0 Å². The van der Waals surface area contributed by atoms with Gasteiger partial charge in [0.2, 0.25) is 0 Å². The maximum atomic E-state index is 13.3. The Morgan fingerprint density at radius 2 is 1.76 bits per heavy atom. The molecule has 2 aromatic carbocycles. The van der Waals surface area contributed by atoms with Crippen LogP contribution in [0.4, 0.5) is 13.2 Å². The highest BCUT2D eigenvalue weighted by molar-refractivity contribution is 9.10. The van der Waals surface area contributed by atoms with Gasteiger partial charge in [0, 0.05) is 4.47 Å². The molecule has 0 aromatic heterocycles. The normalized spacial score (nSPS) is 12.3. The van der Waals surface area contributed by atoms with E-state index in [1.54, 1.807) is 18.2 Å². The van der Waals surface area contributed by atoms with E-state index in [0.717, 1.165) is 12.1 Å². The Bertz CT molecular complexity index is 640. The molecule has 21 heavy (non-hydrogen) atoms. The average molecular weight is 380 g/mol. The SMILES string of the molecule is CCOc1ccc(C(Cl)c2cc(F)c(F)c(F)c2)c(Br)c1. The van der Waals surface area contributed by atoms with Gasteiger partial charge in [-0.25, -0.2) is 13.2 Å². The fourth-order valence-electron chi connectivity index (χ4n) is 1.87. The first-order valence-corrected chi connectivity index (χ1v) is 7.37. The highest BCUT2D eigenvalue weighted by atomic mass is 79.9. The molecule has 0 saturated heterocycles. The summed E-state index contributed by atoms with van der Waals surface area (Å²) in [5.41, 5.74) is 0.739. The van der Waals surface area contributed by atoms with Gasteiger partial charge in [0.15, 0.2) is 17.5 Å². The molecule has 0 amide bonds. The summed E-state index contributed by atoms with van der Waals surface area (Å²) in [6.07, 6.45) is 0. The Hall–Kier alpha value is -1.20. The maximum absolute atomic E-state index is 13.3. The van der Waals surface area contributed by atoms with Gasteiger partial charge in [-0.3, -0.25) is 0 Å². The van der Waals surface area contributed by atoms with Crippen LogP contribution >= 0.6 is 27.5 Å². The molecule has 0 radical (unpaired) electrons. The number of rotatable bonds is 4. The molecule has 0 heterocycles. The first kappa shape index (κ1) is 16.2. The minimum atomic E-state index is -1.51. The van der Waals surface area contributed by atoms with Crippen molar-refractivity contribution in [2.45, 2.75) is 12.3 Å². The molecule has 0 aliphatic carbocycles. The lowest BCUT2D eigenvalue weighted by atomic mass is 10.0. The lowest BCUT2D eigenvalue weighted by Crippen LogP contribution is -2.00. The summed E-state index contributed by atoms with van der Waals surface area (Å²) in [6, 6.07) is 6.88. The van der Waals surface area contributed by atoms with Crippen molar-refractivity contribution in [3.63, 3.8) is 0 Å². The first-order valence-electron chi connectivity index (χ1n) is 6.14. The summed E-state index contributed by atoms with van der Waals surface area (Å²) in [5, 5.41) is -0.820. The molecule has 0 spiro atoms. The van der Waals surface area contributed by atoms with Crippen molar-refractivity contribution in [1.29, 1.82) is 0 Å². The molecule has 6 heteroatoms. The fourth-order valence-corrected chi connectivity index (χ4v) is 2.91. The summed E-state index contributed by atoms with van der Waals surface area (Å²) < 4.78 is 45.5. The Kier molecular flexibility index (Phi) is 5.17. The van der Waals surface area contributed by atoms with Crippen LogP contribution in [0, 0.1) is 17.5 Å².